The minimum absolute atomic E-state index is 0.210. The van der Waals surface area contributed by atoms with Crippen LogP contribution in [0.25, 0.3) is 27.6 Å². The van der Waals surface area contributed by atoms with Crippen LogP contribution < -0.4 is 4.80 Å². The molecule has 0 aliphatic heterocycles. The number of carbonyl (C=O) groups is 1. The van der Waals surface area contributed by atoms with E-state index in [1.54, 1.807) is 10.7 Å². The summed E-state index contributed by atoms with van der Waals surface area (Å²) in [7, 11) is 0. The fourth-order valence-corrected chi connectivity index (χ4v) is 5.33. The number of hydrogen-bond donors (Lipinski definition) is 0. The zero-order valence-electron chi connectivity index (χ0n) is 19.2. The Bertz CT molecular complexity index is 1900. The second-order valence-corrected chi connectivity index (χ2v) is 10.9. The van der Waals surface area contributed by atoms with Crippen molar-refractivity contribution >= 4 is 76.6 Å². The topological polar surface area (TPSA) is 85.9 Å². The molecular weight excluding hydrogens is 620 g/mol. The second kappa shape index (κ2) is 9.70. The van der Waals surface area contributed by atoms with Crippen molar-refractivity contribution in [2.45, 2.75) is 6.92 Å². The largest absolute Gasteiger partial charge is 0.455 e. The van der Waals surface area contributed by atoms with Crippen molar-refractivity contribution < 1.29 is 13.6 Å². The van der Waals surface area contributed by atoms with Gasteiger partial charge in [0, 0.05) is 19.7 Å². The highest BCUT2D eigenvalue weighted by Crippen LogP contribution is 2.26. The second-order valence-electron chi connectivity index (χ2n) is 8.14. The lowest BCUT2D eigenvalue weighted by Crippen LogP contribution is -2.14. The molecule has 3 heterocycles. The van der Waals surface area contributed by atoms with Crippen LogP contribution in [0.15, 0.2) is 107 Å². The van der Waals surface area contributed by atoms with Crippen LogP contribution in [0.3, 0.4) is 0 Å². The molecule has 0 saturated heterocycles. The van der Waals surface area contributed by atoms with Gasteiger partial charge >= 0.3 is 0 Å². The third-order valence-electron chi connectivity index (χ3n) is 5.58. The number of ketones is 1. The molecule has 0 radical (unpaired) electrons. The molecule has 0 saturated carbocycles. The lowest BCUT2D eigenvalue weighted by Gasteiger charge is -1.99. The standard InChI is InChI=1S/C27H16Br2N4O3S/c1-15(23-13-16-11-18(28)7-9-21(16)35-23)30-31-27-33(20-5-3-2-4-6-20)32-26(37-27)25(34)24-14-17-12-19(29)8-10-22(17)36-24/h2-14H,1H3/b30-15-,31-27-. The maximum absolute atomic E-state index is 13.3. The number of hydrogen-bond acceptors (Lipinski definition) is 7. The quantitative estimate of drug-likeness (QED) is 0.111. The molecule has 0 fully saturated rings. The Balaban J connectivity index is 1.42. The first-order chi connectivity index (χ1) is 17.9. The smallest absolute Gasteiger partial charge is 0.258 e. The summed E-state index contributed by atoms with van der Waals surface area (Å²) in [5.74, 6) is 0.492. The molecule has 0 aliphatic rings. The van der Waals surface area contributed by atoms with Crippen molar-refractivity contribution in [2.75, 3.05) is 0 Å². The molecule has 0 aliphatic carbocycles. The van der Waals surface area contributed by atoms with E-state index in [1.165, 1.54) is 0 Å². The molecule has 3 aromatic carbocycles. The molecule has 182 valence electrons. The first kappa shape index (κ1) is 23.8. The number of benzene rings is 3. The van der Waals surface area contributed by atoms with Gasteiger partial charge in [0.05, 0.1) is 5.69 Å². The molecule has 7 nitrogen and oxygen atoms in total. The number of aromatic nitrogens is 2. The van der Waals surface area contributed by atoms with Crippen LogP contribution in [0.2, 0.25) is 0 Å². The van der Waals surface area contributed by atoms with Gasteiger partial charge in [-0.25, -0.2) is 4.68 Å². The predicted octanol–water partition coefficient (Wildman–Crippen LogP) is 7.51. The highest BCUT2D eigenvalue weighted by molar-refractivity contribution is 9.10. The molecule has 0 unspecified atom stereocenters. The van der Waals surface area contributed by atoms with Crippen LogP contribution in [0.1, 0.15) is 28.2 Å². The molecule has 6 rings (SSSR count). The monoisotopic (exact) mass is 634 g/mol. The van der Waals surface area contributed by atoms with Crippen molar-refractivity contribution in [3.63, 3.8) is 0 Å². The summed E-state index contributed by atoms with van der Waals surface area (Å²) in [5, 5.41) is 15.4. The SMILES string of the molecule is C/C(=N/N=c1\sc(C(=O)c2cc3cc(Br)ccc3o2)nn1-c1ccccc1)c1cc2cc(Br)ccc2o1. The molecule has 6 aromatic rings. The van der Waals surface area contributed by atoms with Crippen molar-refractivity contribution in [3.05, 3.63) is 109 Å². The first-order valence-corrected chi connectivity index (χ1v) is 13.5. The van der Waals surface area contributed by atoms with Crippen LogP contribution in [0.4, 0.5) is 0 Å². The molecule has 0 spiro atoms. The Labute approximate surface area is 231 Å². The Kier molecular flexibility index (Phi) is 6.23. The van der Waals surface area contributed by atoms with Gasteiger partial charge in [-0.05, 0) is 67.6 Å². The van der Waals surface area contributed by atoms with Crippen molar-refractivity contribution in [1.29, 1.82) is 0 Å². The molecule has 0 atom stereocenters. The number of furan rings is 2. The van der Waals surface area contributed by atoms with Gasteiger partial charge in [0.15, 0.2) is 16.5 Å². The average Bonchev–Trinajstić information content (AvgIpc) is 3.63. The van der Waals surface area contributed by atoms with Gasteiger partial charge in [0.25, 0.3) is 5.78 Å². The van der Waals surface area contributed by atoms with Gasteiger partial charge in [0.1, 0.15) is 16.9 Å². The number of rotatable bonds is 5. The van der Waals surface area contributed by atoms with Crippen LogP contribution in [0.5, 0.6) is 0 Å². The van der Waals surface area contributed by atoms with Crippen LogP contribution >= 0.6 is 43.2 Å². The third-order valence-corrected chi connectivity index (χ3v) is 7.46. The number of para-hydroxylation sites is 1. The lowest BCUT2D eigenvalue weighted by molar-refractivity contribution is 0.101. The molecule has 3 aromatic heterocycles. The van der Waals surface area contributed by atoms with Gasteiger partial charge in [-0.3, -0.25) is 4.79 Å². The van der Waals surface area contributed by atoms with E-state index in [9.17, 15) is 4.79 Å². The normalized spacial score (nSPS) is 12.6. The fraction of sp³-hybridized carbons (Fsp3) is 0.0370. The van der Waals surface area contributed by atoms with E-state index >= 15 is 0 Å². The van der Waals surface area contributed by atoms with E-state index in [0.29, 0.717) is 21.9 Å². The summed E-state index contributed by atoms with van der Waals surface area (Å²) in [5.41, 5.74) is 2.74. The zero-order valence-corrected chi connectivity index (χ0v) is 23.2. The summed E-state index contributed by atoms with van der Waals surface area (Å²) in [4.78, 5) is 13.8. The van der Waals surface area contributed by atoms with Crippen molar-refractivity contribution in [1.82, 2.24) is 9.78 Å². The first-order valence-electron chi connectivity index (χ1n) is 11.1. The number of fused-ring (bicyclic) bond motifs is 2. The maximum Gasteiger partial charge on any atom is 0.258 e. The van der Waals surface area contributed by atoms with E-state index in [2.05, 4.69) is 47.2 Å². The van der Waals surface area contributed by atoms with E-state index < -0.39 is 0 Å². The predicted molar refractivity (Wildman–Crippen MR) is 150 cm³/mol. The average molecular weight is 636 g/mol. The summed E-state index contributed by atoms with van der Waals surface area (Å²) in [6, 6.07) is 24.5. The fourth-order valence-electron chi connectivity index (χ4n) is 3.77. The van der Waals surface area contributed by atoms with Gasteiger partial charge in [0.2, 0.25) is 4.80 Å². The van der Waals surface area contributed by atoms with Gasteiger partial charge in [-0.15, -0.1) is 10.2 Å². The van der Waals surface area contributed by atoms with Gasteiger partial charge in [-0.1, -0.05) is 61.4 Å². The molecule has 0 amide bonds. The summed E-state index contributed by atoms with van der Waals surface area (Å²) >= 11 is 8.06. The van der Waals surface area contributed by atoms with E-state index in [4.69, 9.17) is 8.83 Å². The Morgan fingerprint density at radius 2 is 1.49 bits per heavy atom. The third kappa shape index (κ3) is 4.75. The molecular formula is C27H16Br2N4O3S. The van der Waals surface area contributed by atoms with Gasteiger partial charge in [-0.2, -0.15) is 5.10 Å². The maximum atomic E-state index is 13.3. The number of carbonyl (C=O) groups excluding carboxylic acids is 1. The summed E-state index contributed by atoms with van der Waals surface area (Å²) in [6.07, 6.45) is 0. The Morgan fingerprint density at radius 3 is 2.16 bits per heavy atom. The zero-order chi connectivity index (χ0) is 25.5. The molecule has 37 heavy (non-hydrogen) atoms. The van der Waals surface area contributed by atoms with E-state index in [1.807, 2.05) is 79.7 Å². The minimum atomic E-state index is -0.327. The van der Waals surface area contributed by atoms with Crippen LogP contribution in [-0.2, 0) is 0 Å². The van der Waals surface area contributed by atoms with E-state index in [-0.39, 0.29) is 16.6 Å². The summed E-state index contributed by atoms with van der Waals surface area (Å²) < 4.78 is 15.2. The highest BCUT2D eigenvalue weighted by atomic mass is 79.9. The summed E-state index contributed by atoms with van der Waals surface area (Å²) in [6.45, 7) is 1.82. The molecule has 0 bridgehead atoms. The lowest BCUT2D eigenvalue weighted by atomic mass is 10.2. The number of nitrogens with zero attached hydrogens (tertiary/aromatic N) is 4. The van der Waals surface area contributed by atoms with E-state index in [0.717, 1.165) is 42.3 Å². The minimum Gasteiger partial charge on any atom is -0.455 e. The molecule has 10 heteroatoms. The van der Waals surface area contributed by atoms with Crippen molar-refractivity contribution in [2.24, 2.45) is 10.2 Å². The van der Waals surface area contributed by atoms with Crippen LogP contribution in [-0.4, -0.2) is 21.3 Å². The number of halogens is 2. The molecule has 0 N–H and O–H groups in total. The Morgan fingerprint density at radius 1 is 0.865 bits per heavy atom. The Hall–Kier alpha value is -3.60. The van der Waals surface area contributed by atoms with Crippen LogP contribution in [0, 0.1) is 0 Å². The van der Waals surface area contributed by atoms with Gasteiger partial charge < -0.3 is 8.83 Å². The highest BCUT2D eigenvalue weighted by Gasteiger charge is 2.20. The van der Waals surface area contributed by atoms with Crippen molar-refractivity contribution in [3.8, 4) is 5.69 Å².